The Morgan fingerprint density at radius 1 is 1.42 bits per heavy atom. The van der Waals surface area contributed by atoms with E-state index in [9.17, 15) is 0 Å². The second kappa shape index (κ2) is 6.16. The SMILES string of the molecule is COCC(C)Nc1nccn1C(C)c1ncc(C)s1. The van der Waals surface area contributed by atoms with Gasteiger partial charge in [-0.05, 0) is 20.8 Å². The summed E-state index contributed by atoms with van der Waals surface area (Å²) in [6, 6.07) is 0.398. The monoisotopic (exact) mass is 280 g/mol. The molecule has 2 unspecified atom stereocenters. The van der Waals surface area contributed by atoms with E-state index in [0.29, 0.717) is 6.61 Å². The first-order chi connectivity index (χ1) is 9.11. The number of imidazole rings is 1. The molecule has 2 aromatic rings. The van der Waals surface area contributed by atoms with Gasteiger partial charge in [0.25, 0.3) is 0 Å². The van der Waals surface area contributed by atoms with Crippen molar-refractivity contribution in [1.29, 1.82) is 0 Å². The predicted molar refractivity (Wildman–Crippen MR) is 77.9 cm³/mol. The van der Waals surface area contributed by atoms with Crippen molar-refractivity contribution < 1.29 is 4.74 Å². The molecule has 0 aliphatic heterocycles. The molecular formula is C13H20N4OS. The first kappa shape index (κ1) is 14.0. The Morgan fingerprint density at radius 3 is 2.84 bits per heavy atom. The van der Waals surface area contributed by atoms with Crippen molar-refractivity contribution in [2.45, 2.75) is 32.9 Å². The molecule has 0 saturated heterocycles. The molecule has 0 saturated carbocycles. The summed E-state index contributed by atoms with van der Waals surface area (Å²) in [5.41, 5.74) is 0. The van der Waals surface area contributed by atoms with E-state index in [1.165, 1.54) is 4.88 Å². The highest BCUT2D eigenvalue weighted by Gasteiger charge is 2.16. The summed E-state index contributed by atoms with van der Waals surface area (Å²) < 4.78 is 7.23. The maximum atomic E-state index is 5.13. The summed E-state index contributed by atoms with van der Waals surface area (Å²) in [6.07, 6.45) is 5.69. The van der Waals surface area contributed by atoms with E-state index in [2.05, 4.69) is 40.6 Å². The molecular weight excluding hydrogens is 260 g/mol. The van der Waals surface area contributed by atoms with E-state index in [0.717, 1.165) is 11.0 Å². The van der Waals surface area contributed by atoms with E-state index in [1.807, 2.05) is 12.4 Å². The van der Waals surface area contributed by atoms with Crippen LogP contribution in [0.3, 0.4) is 0 Å². The molecule has 0 bridgehead atoms. The van der Waals surface area contributed by atoms with Crippen LogP contribution in [0.25, 0.3) is 0 Å². The highest BCUT2D eigenvalue weighted by molar-refractivity contribution is 7.11. The van der Waals surface area contributed by atoms with E-state index < -0.39 is 0 Å². The Balaban J connectivity index is 2.14. The van der Waals surface area contributed by atoms with Crippen LogP contribution in [0, 0.1) is 6.92 Å². The minimum Gasteiger partial charge on any atom is -0.383 e. The summed E-state index contributed by atoms with van der Waals surface area (Å²) in [6.45, 7) is 6.92. The molecule has 2 heterocycles. The zero-order valence-corrected chi connectivity index (χ0v) is 12.6. The largest absolute Gasteiger partial charge is 0.383 e. The van der Waals surface area contributed by atoms with Crippen LogP contribution in [0.2, 0.25) is 0 Å². The number of methoxy groups -OCH3 is 1. The Bertz CT molecular complexity index is 522. The summed E-state index contributed by atoms with van der Waals surface area (Å²) in [7, 11) is 1.70. The number of rotatable bonds is 6. The predicted octanol–water partition coefficient (Wildman–Crippen LogP) is 2.70. The quantitative estimate of drug-likeness (QED) is 0.884. The van der Waals surface area contributed by atoms with Crippen LogP contribution in [0.1, 0.15) is 29.8 Å². The van der Waals surface area contributed by atoms with Gasteiger partial charge in [-0.15, -0.1) is 11.3 Å². The van der Waals surface area contributed by atoms with Crippen LogP contribution < -0.4 is 5.32 Å². The van der Waals surface area contributed by atoms with Crippen molar-refractivity contribution in [1.82, 2.24) is 14.5 Å². The van der Waals surface area contributed by atoms with E-state index in [4.69, 9.17) is 4.74 Å². The second-order valence-electron chi connectivity index (χ2n) is 4.64. The Labute approximate surface area is 117 Å². The lowest BCUT2D eigenvalue weighted by Crippen LogP contribution is -2.24. The fourth-order valence-electron chi connectivity index (χ4n) is 1.93. The minimum absolute atomic E-state index is 0.179. The van der Waals surface area contributed by atoms with Crippen molar-refractivity contribution >= 4 is 17.3 Å². The lowest BCUT2D eigenvalue weighted by Gasteiger charge is -2.18. The molecule has 0 aliphatic rings. The van der Waals surface area contributed by atoms with Gasteiger partial charge in [-0.25, -0.2) is 9.97 Å². The summed E-state index contributed by atoms with van der Waals surface area (Å²) >= 11 is 1.72. The third-order valence-corrected chi connectivity index (χ3v) is 3.96. The van der Waals surface area contributed by atoms with Gasteiger partial charge in [0.15, 0.2) is 0 Å². The Hall–Kier alpha value is -1.40. The van der Waals surface area contributed by atoms with Gasteiger partial charge in [0.2, 0.25) is 5.95 Å². The molecule has 0 aromatic carbocycles. The molecule has 2 rings (SSSR count). The number of nitrogens with zero attached hydrogens (tertiary/aromatic N) is 3. The van der Waals surface area contributed by atoms with Crippen molar-refractivity contribution in [3.8, 4) is 0 Å². The van der Waals surface area contributed by atoms with Crippen LogP contribution in [0.5, 0.6) is 0 Å². The van der Waals surface area contributed by atoms with E-state index >= 15 is 0 Å². The zero-order chi connectivity index (χ0) is 13.8. The summed E-state index contributed by atoms with van der Waals surface area (Å²) in [5.74, 6) is 0.852. The first-order valence-corrected chi connectivity index (χ1v) is 7.14. The summed E-state index contributed by atoms with van der Waals surface area (Å²) in [5, 5.41) is 4.45. The highest BCUT2D eigenvalue weighted by Crippen LogP contribution is 2.25. The molecule has 5 nitrogen and oxygen atoms in total. The maximum Gasteiger partial charge on any atom is 0.203 e. The number of hydrogen-bond donors (Lipinski definition) is 1. The minimum atomic E-state index is 0.179. The van der Waals surface area contributed by atoms with Crippen molar-refractivity contribution in [2.24, 2.45) is 0 Å². The van der Waals surface area contributed by atoms with Gasteiger partial charge in [0, 0.05) is 36.6 Å². The van der Waals surface area contributed by atoms with Crippen molar-refractivity contribution in [2.75, 3.05) is 19.0 Å². The number of thiazole rings is 1. The number of ether oxygens (including phenoxy) is 1. The van der Waals surface area contributed by atoms with Gasteiger partial charge < -0.3 is 14.6 Å². The van der Waals surface area contributed by atoms with Crippen LogP contribution in [-0.4, -0.2) is 34.3 Å². The molecule has 0 radical (unpaired) electrons. The molecule has 0 amide bonds. The zero-order valence-electron chi connectivity index (χ0n) is 11.8. The van der Waals surface area contributed by atoms with Crippen LogP contribution in [0.15, 0.2) is 18.6 Å². The number of anilines is 1. The van der Waals surface area contributed by atoms with Gasteiger partial charge in [-0.2, -0.15) is 0 Å². The molecule has 0 fully saturated rings. The molecule has 0 aliphatic carbocycles. The fraction of sp³-hybridized carbons (Fsp3) is 0.538. The van der Waals surface area contributed by atoms with Crippen LogP contribution in [0.4, 0.5) is 5.95 Å². The lowest BCUT2D eigenvalue weighted by atomic mass is 10.3. The van der Waals surface area contributed by atoms with Gasteiger partial charge in [0.1, 0.15) is 5.01 Å². The molecule has 19 heavy (non-hydrogen) atoms. The van der Waals surface area contributed by atoms with Crippen molar-refractivity contribution in [3.63, 3.8) is 0 Å². The molecule has 1 N–H and O–H groups in total. The molecule has 104 valence electrons. The van der Waals surface area contributed by atoms with Crippen molar-refractivity contribution in [3.05, 3.63) is 28.5 Å². The first-order valence-electron chi connectivity index (χ1n) is 6.32. The lowest BCUT2D eigenvalue weighted by molar-refractivity contribution is 0.190. The topological polar surface area (TPSA) is 52.0 Å². The average Bonchev–Trinajstić information content (AvgIpc) is 2.98. The smallest absolute Gasteiger partial charge is 0.203 e. The fourth-order valence-corrected chi connectivity index (χ4v) is 2.76. The normalized spacial score (nSPS) is 14.3. The number of hydrogen-bond acceptors (Lipinski definition) is 5. The Kier molecular flexibility index (Phi) is 4.55. The standard InChI is InChI=1S/C13H20N4OS/c1-9(8-18-4)16-13-14-5-6-17(13)11(3)12-15-7-10(2)19-12/h5-7,9,11H,8H2,1-4H3,(H,14,16). The maximum absolute atomic E-state index is 5.13. The number of aromatic nitrogens is 3. The second-order valence-corrected chi connectivity index (χ2v) is 5.91. The molecule has 2 aromatic heterocycles. The molecule has 2 atom stereocenters. The Morgan fingerprint density at radius 2 is 2.21 bits per heavy atom. The van der Waals surface area contributed by atoms with Gasteiger partial charge >= 0.3 is 0 Å². The van der Waals surface area contributed by atoms with Crippen LogP contribution >= 0.6 is 11.3 Å². The summed E-state index contributed by atoms with van der Waals surface area (Å²) in [4.78, 5) is 10.0. The highest BCUT2D eigenvalue weighted by atomic mass is 32.1. The van der Waals surface area contributed by atoms with E-state index in [1.54, 1.807) is 24.6 Å². The number of aryl methyl sites for hydroxylation is 1. The third kappa shape index (κ3) is 3.33. The van der Waals surface area contributed by atoms with Gasteiger partial charge in [0.05, 0.1) is 12.6 Å². The van der Waals surface area contributed by atoms with Gasteiger partial charge in [-0.1, -0.05) is 0 Å². The molecule has 6 heteroatoms. The molecule has 0 spiro atoms. The third-order valence-electron chi connectivity index (χ3n) is 2.87. The van der Waals surface area contributed by atoms with E-state index in [-0.39, 0.29) is 12.1 Å². The average molecular weight is 280 g/mol. The van der Waals surface area contributed by atoms with Gasteiger partial charge in [-0.3, -0.25) is 0 Å². The number of nitrogens with one attached hydrogen (secondary N) is 1. The van der Waals surface area contributed by atoms with Crippen LogP contribution in [-0.2, 0) is 4.74 Å².